The van der Waals surface area contributed by atoms with Gasteiger partial charge in [-0.1, -0.05) is 35.9 Å². The number of carbonyl (C=O) groups excluding carboxylic acids is 1. The monoisotopic (exact) mass is 507 g/mol. The summed E-state index contributed by atoms with van der Waals surface area (Å²) in [7, 11) is 1.57. The highest BCUT2D eigenvalue weighted by Gasteiger charge is 2.21. The van der Waals surface area contributed by atoms with E-state index < -0.39 is 30.2 Å². The van der Waals surface area contributed by atoms with Gasteiger partial charge in [-0.3, -0.25) is 4.79 Å². The maximum atomic E-state index is 12.4. The quantitative estimate of drug-likeness (QED) is 0.324. The fourth-order valence-electron chi connectivity index (χ4n) is 3.68. The first kappa shape index (κ1) is 24.8. The first-order valence-electron chi connectivity index (χ1n) is 10.9. The molecule has 0 saturated heterocycles. The number of nitrogens with one attached hydrogen (secondary N) is 1. The number of hydrogen-bond acceptors (Lipinski definition) is 6. The van der Waals surface area contributed by atoms with Crippen LogP contribution >= 0.6 is 11.6 Å². The fourth-order valence-corrected chi connectivity index (χ4v) is 3.81. The molecular formula is C27H22ClNO7. The second-order valence-electron chi connectivity index (χ2n) is 7.94. The molecule has 9 heteroatoms. The van der Waals surface area contributed by atoms with Gasteiger partial charge >= 0.3 is 11.6 Å². The number of methoxy groups -OCH3 is 1. The normalized spacial score (nSPS) is 11.6. The summed E-state index contributed by atoms with van der Waals surface area (Å²) in [5, 5.41) is 13.2. The SMILES string of the molecule is COc1ccc(-c2cc(=O)oc3cc(OCC(=O)N[C@H](Cc4ccc(Cl)cc4)C(=O)O)ccc23)cc1. The Kier molecular flexibility index (Phi) is 7.56. The van der Waals surface area contributed by atoms with Crippen molar-refractivity contribution in [1.82, 2.24) is 5.32 Å². The third kappa shape index (κ3) is 6.03. The van der Waals surface area contributed by atoms with Crippen molar-refractivity contribution in [2.45, 2.75) is 12.5 Å². The van der Waals surface area contributed by atoms with Crippen LogP contribution in [0, 0.1) is 0 Å². The van der Waals surface area contributed by atoms with E-state index in [1.807, 2.05) is 12.1 Å². The molecule has 4 rings (SSSR count). The van der Waals surface area contributed by atoms with Crippen LogP contribution in [-0.4, -0.2) is 36.7 Å². The van der Waals surface area contributed by atoms with Gasteiger partial charge in [0.05, 0.1) is 7.11 Å². The highest BCUT2D eigenvalue weighted by Crippen LogP contribution is 2.30. The topological polar surface area (TPSA) is 115 Å². The number of carboxylic acids is 1. The Morgan fingerprint density at radius 3 is 2.36 bits per heavy atom. The number of ether oxygens (including phenoxy) is 2. The summed E-state index contributed by atoms with van der Waals surface area (Å²) in [6, 6.07) is 19.1. The summed E-state index contributed by atoms with van der Waals surface area (Å²) < 4.78 is 16.1. The first-order chi connectivity index (χ1) is 17.3. The van der Waals surface area contributed by atoms with Crippen LogP contribution in [-0.2, 0) is 16.0 Å². The molecule has 0 aliphatic rings. The van der Waals surface area contributed by atoms with Gasteiger partial charge in [-0.15, -0.1) is 0 Å². The molecule has 2 N–H and O–H groups in total. The molecule has 0 aliphatic carbocycles. The molecule has 0 bridgehead atoms. The summed E-state index contributed by atoms with van der Waals surface area (Å²) in [5.41, 5.74) is 1.96. The number of hydrogen-bond donors (Lipinski definition) is 2. The van der Waals surface area contributed by atoms with E-state index in [2.05, 4.69) is 5.32 Å². The number of amides is 1. The third-order valence-electron chi connectivity index (χ3n) is 5.47. The molecule has 8 nitrogen and oxygen atoms in total. The number of carbonyl (C=O) groups is 2. The van der Waals surface area contributed by atoms with E-state index in [0.29, 0.717) is 27.3 Å². The zero-order valence-corrected chi connectivity index (χ0v) is 20.0. The molecule has 0 fully saturated rings. The molecule has 0 unspecified atom stereocenters. The van der Waals surface area contributed by atoms with Crippen LogP contribution in [0.2, 0.25) is 5.02 Å². The number of carboxylic acid groups (broad SMARTS) is 1. The lowest BCUT2D eigenvalue weighted by atomic mass is 10.0. The molecule has 1 heterocycles. The predicted molar refractivity (Wildman–Crippen MR) is 135 cm³/mol. The van der Waals surface area contributed by atoms with Crippen molar-refractivity contribution < 1.29 is 28.6 Å². The van der Waals surface area contributed by atoms with Crippen LogP contribution in [0.4, 0.5) is 0 Å². The van der Waals surface area contributed by atoms with Crippen molar-refractivity contribution in [1.29, 1.82) is 0 Å². The Bertz CT molecular complexity index is 1450. The lowest BCUT2D eigenvalue weighted by Gasteiger charge is -2.15. The molecular weight excluding hydrogens is 486 g/mol. The first-order valence-corrected chi connectivity index (χ1v) is 11.3. The van der Waals surface area contributed by atoms with Gasteiger partial charge < -0.3 is 24.3 Å². The van der Waals surface area contributed by atoms with Crippen LogP contribution in [0.25, 0.3) is 22.1 Å². The Labute approximate surface area is 211 Å². The van der Waals surface area contributed by atoms with Gasteiger partial charge in [0.15, 0.2) is 6.61 Å². The largest absolute Gasteiger partial charge is 0.497 e. The Balaban J connectivity index is 1.46. The Morgan fingerprint density at radius 2 is 1.69 bits per heavy atom. The van der Waals surface area contributed by atoms with Crippen molar-refractivity contribution in [2.75, 3.05) is 13.7 Å². The number of rotatable bonds is 9. The van der Waals surface area contributed by atoms with Gasteiger partial charge in [0.25, 0.3) is 5.91 Å². The predicted octanol–water partition coefficient (Wildman–Crippen LogP) is 4.31. The van der Waals surface area contributed by atoms with E-state index in [9.17, 15) is 19.5 Å². The molecule has 0 saturated carbocycles. The molecule has 184 valence electrons. The lowest BCUT2D eigenvalue weighted by molar-refractivity contribution is -0.142. The van der Waals surface area contributed by atoms with Gasteiger partial charge in [0, 0.05) is 29.0 Å². The van der Waals surface area contributed by atoms with Gasteiger partial charge in [0.1, 0.15) is 23.1 Å². The number of fused-ring (bicyclic) bond motifs is 1. The average molecular weight is 508 g/mol. The van der Waals surface area contributed by atoms with Crippen LogP contribution in [0.3, 0.4) is 0 Å². The fraction of sp³-hybridized carbons (Fsp3) is 0.148. The molecule has 1 amide bonds. The summed E-state index contributed by atoms with van der Waals surface area (Å²) in [5.74, 6) is -0.794. The van der Waals surface area contributed by atoms with E-state index >= 15 is 0 Å². The minimum Gasteiger partial charge on any atom is -0.497 e. The van der Waals surface area contributed by atoms with E-state index in [-0.39, 0.29) is 17.8 Å². The Morgan fingerprint density at radius 1 is 1.00 bits per heavy atom. The maximum absolute atomic E-state index is 12.4. The molecule has 1 aromatic heterocycles. The van der Waals surface area contributed by atoms with Crippen LogP contribution in [0.1, 0.15) is 5.56 Å². The number of aliphatic carboxylic acids is 1. The van der Waals surface area contributed by atoms with Crippen LogP contribution < -0.4 is 20.4 Å². The zero-order chi connectivity index (χ0) is 25.7. The van der Waals surface area contributed by atoms with E-state index in [0.717, 1.165) is 5.56 Å². The Hall–Kier alpha value is -4.30. The highest BCUT2D eigenvalue weighted by molar-refractivity contribution is 6.30. The number of benzene rings is 3. The standard InChI is InChI=1S/C27H22ClNO7/c1-34-19-8-4-17(5-9-19)22-14-26(31)36-24-13-20(10-11-21(22)24)35-15-25(30)29-23(27(32)33)12-16-2-6-18(28)7-3-16/h2-11,13-14,23H,12,15H2,1H3,(H,29,30)(H,32,33)/t23-/m1/s1. The van der Waals surface area contributed by atoms with Gasteiger partial charge in [0.2, 0.25) is 0 Å². The summed E-state index contributed by atoms with van der Waals surface area (Å²) >= 11 is 5.86. The second-order valence-corrected chi connectivity index (χ2v) is 8.38. The van der Waals surface area contributed by atoms with E-state index in [1.54, 1.807) is 55.6 Å². The van der Waals surface area contributed by atoms with E-state index in [4.69, 9.17) is 25.5 Å². The second kappa shape index (κ2) is 11.0. The van der Waals surface area contributed by atoms with Gasteiger partial charge in [-0.05, 0) is 53.1 Å². The van der Waals surface area contributed by atoms with Crippen molar-refractivity contribution in [3.63, 3.8) is 0 Å². The van der Waals surface area contributed by atoms with Crippen LogP contribution in [0.15, 0.2) is 82.0 Å². The maximum Gasteiger partial charge on any atom is 0.336 e. The lowest BCUT2D eigenvalue weighted by Crippen LogP contribution is -2.44. The summed E-state index contributed by atoms with van der Waals surface area (Å²) in [4.78, 5) is 36.2. The van der Waals surface area contributed by atoms with Crippen molar-refractivity contribution >= 4 is 34.4 Å². The highest BCUT2D eigenvalue weighted by atomic mass is 35.5. The molecule has 3 aromatic carbocycles. The number of halogens is 1. The van der Waals surface area contributed by atoms with Crippen molar-refractivity contribution in [3.05, 3.63) is 93.8 Å². The van der Waals surface area contributed by atoms with Gasteiger partial charge in [-0.2, -0.15) is 0 Å². The minimum absolute atomic E-state index is 0.0908. The van der Waals surface area contributed by atoms with Crippen molar-refractivity contribution in [3.8, 4) is 22.6 Å². The molecule has 4 aromatic rings. The molecule has 1 atom stereocenters. The molecule has 0 radical (unpaired) electrons. The summed E-state index contributed by atoms with van der Waals surface area (Å²) in [6.45, 7) is -0.418. The smallest absolute Gasteiger partial charge is 0.336 e. The minimum atomic E-state index is -1.17. The summed E-state index contributed by atoms with van der Waals surface area (Å²) in [6.07, 6.45) is 0.0908. The van der Waals surface area contributed by atoms with E-state index in [1.165, 1.54) is 12.1 Å². The molecule has 36 heavy (non-hydrogen) atoms. The average Bonchev–Trinajstić information content (AvgIpc) is 2.87. The molecule has 0 spiro atoms. The third-order valence-corrected chi connectivity index (χ3v) is 5.73. The van der Waals surface area contributed by atoms with Crippen molar-refractivity contribution in [2.24, 2.45) is 0 Å². The molecule has 0 aliphatic heterocycles. The zero-order valence-electron chi connectivity index (χ0n) is 19.2. The van der Waals surface area contributed by atoms with Crippen LogP contribution in [0.5, 0.6) is 11.5 Å². The van der Waals surface area contributed by atoms with Gasteiger partial charge in [-0.25, -0.2) is 9.59 Å².